The molecule has 108 valence electrons. The van der Waals surface area contributed by atoms with Crippen LogP contribution in [0.1, 0.15) is 51.4 Å². The second-order valence-electron chi connectivity index (χ2n) is 5.51. The summed E-state index contributed by atoms with van der Waals surface area (Å²) in [5.41, 5.74) is 2.26. The molecule has 0 aromatic carbocycles. The molecule has 1 saturated carbocycles. The fraction of sp³-hybridized carbons (Fsp3) is 0.800. The number of rotatable bonds is 8. The molecule has 3 nitrogen and oxygen atoms in total. The Morgan fingerprint density at radius 2 is 2.11 bits per heavy atom. The van der Waals surface area contributed by atoms with Crippen molar-refractivity contribution in [1.29, 1.82) is 0 Å². The van der Waals surface area contributed by atoms with Crippen LogP contribution in [-0.4, -0.2) is 22.4 Å². The van der Waals surface area contributed by atoms with Crippen molar-refractivity contribution in [3.05, 3.63) is 16.4 Å². The van der Waals surface area contributed by atoms with Crippen molar-refractivity contribution in [2.75, 3.05) is 6.54 Å². The van der Waals surface area contributed by atoms with E-state index >= 15 is 0 Å². The highest BCUT2D eigenvalue weighted by atomic mass is 35.5. The molecule has 1 fully saturated rings. The molecule has 0 amide bonds. The third-order valence-electron chi connectivity index (χ3n) is 3.94. The summed E-state index contributed by atoms with van der Waals surface area (Å²) in [6.45, 7) is 8.35. The van der Waals surface area contributed by atoms with Crippen LogP contribution in [0.3, 0.4) is 0 Å². The van der Waals surface area contributed by atoms with Gasteiger partial charge in [-0.2, -0.15) is 5.10 Å². The molecule has 1 aliphatic carbocycles. The van der Waals surface area contributed by atoms with Gasteiger partial charge in [-0.25, -0.2) is 0 Å². The van der Waals surface area contributed by atoms with Crippen LogP contribution in [0.4, 0.5) is 0 Å². The largest absolute Gasteiger partial charge is 0.314 e. The van der Waals surface area contributed by atoms with Crippen molar-refractivity contribution in [2.45, 2.75) is 65.5 Å². The van der Waals surface area contributed by atoms with E-state index in [1.165, 1.54) is 25.0 Å². The summed E-state index contributed by atoms with van der Waals surface area (Å²) in [4.78, 5) is 0. The summed E-state index contributed by atoms with van der Waals surface area (Å²) in [5, 5.41) is 9.11. The molecule has 1 atom stereocenters. The molecule has 4 heteroatoms. The predicted octanol–water partition coefficient (Wildman–Crippen LogP) is 3.44. The van der Waals surface area contributed by atoms with Gasteiger partial charge < -0.3 is 5.32 Å². The van der Waals surface area contributed by atoms with Gasteiger partial charge in [-0.3, -0.25) is 4.68 Å². The molecule has 2 rings (SSSR count). The Labute approximate surface area is 121 Å². The maximum atomic E-state index is 6.49. The zero-order chi connectivity index (χ0) is 13.8. The average Bonchev–Trinajstić information content (AvgIpc) is 3.16. The van der Waals surface area contributed by atoms with Gasteiger partial charge in [-0.05, 0) is 32.2 Å². The fourth-order valence-corrected chi connectivity index (χ4v) is 3.08. The number of nitrogens with zero attached hydrogens (tertiary/aromatic N) is 2. The fourth-order valence-electron chi connectivity index (χ4n) is 2.73. The van der Waals surface area contributed by atoms with Crippen molar-refractivity contribution >= 4 is 11.6 Å². The van der Waals surface area contributed by atoms with Gasteiger partial charge in [0.1, 0.15) is 0 Å². The Morgan fingerprint density at radius 1 is 1.37 bits per heavy atom. The second kappa shape index (κ2) is 6.76. The summed E-state index contributed by atoms with van der Waals surface area (Å²) in [5.74, 6) is 0.937. The number of aromatic nitrogens is 2. The van der Waals surface area contributed by atoms with E-state index in [0.717, 1.165) is 42.6 Å². The minimum Gasteiger partial charge on any atom is -0.314 e. The summed E-state index contributed by atoms with van der Waals surface area (Å²) in [6.07, 6.45) is 6.00. The molecular formula is C15H26ClN3. The van der Waals surface area contributed by atoms with Gasteiger partial charge in [-0.15, -0.1) is 0 Å². The maximum Gasteiger partial charge on any atom is 0.0850 e. The van der Waals surface area contributed by atoms with E-state index in [9.17, 15) is 0 Å². The summed E-state index contributed by atoms with van der Waals surface area (Å²) >= 11 is 6.49. The molecule has 1 unspecified atom stereocenters. The number of likely N-dealkylation sites (N-methyl/N-ethyl adjacent to an activating group) is 1. The van der Waals surface area contributed by atoms with Crippen LogP contribution >= 0.6 is 11.6 Å². The van der Waals surface area contributed by atoms with Crippen LogP contribution in [0.2, 0.25) is 5.02 Å². The molecule has 1 aliphatic rings. The van der Waals surface area contributed by atoms with Gasteiger partial charge in [-0.1, -0.05) is 38.3 Å². The van der Waals surface area contributed by atoms with Crippen molar-refractivity contribution in [1.82, 2.24) is 15.1 Å². The lowest BCUT2D eigenvalue weighted by atomic mass is 10.0. The standard InChI is InChI=1S/C15H26ClN3/c1-4-13-15(16)14(19(6-3)18-13)10-12(17-5-2)9-11-7-8-11/h11-12,17H,4-10H2,1-3H3. The number of aryl methyl sites for hydroxylation is 2. The Morgan fingerprint density at radius 3 is 2.63 bits per heavy atom. The van der Waals surface area contributed by atoms with E-state index in [4.69, 9.17) is 11.6 Å². The van der Waals surface area contributed by atoms with Crippen LogP contribution in [0.25, 0.3) is 0 Å². The first-order chi connectivity index (χ1) is 9.19. The predicted molar refractivity (Wildman–Crippen MR) is 80.8 cm³/mol. The molecule has 0 aliphatic heterocycles. The van der Waals surface area contributed by atoms with Crippen molar-refractivity contribution in [3.8, 4) is 0 Å². The molecule has 1 aromatic rings. The molecule has 0 saturated heterocycles. The van der Waals surface area contributed by atoms with E-state index in [1.807, 2.05) is 0 Å². The number of halogens is 1. The Hall–Kier alpha value is -0.540. The second-order valence-corrected chi connectivity index (χ2v) is 5.89. The summed E-state index contributed by atoms with van der Waals surface area (Å²) in [7, 11) is 0. The monoisotopic (exact) mass is 283 g/mol. The van der Waals surface area contributed by atoms with E-state index in [2.05, 4.69) is 35.9 Å². The zero-order valence-corrected chi connectivity index (χ0v) is 13.1. The molecule has 0 bridgehead atoms. The van der Waals surface area contributed by atoms with E-state index in [-0.39, 0.29) is 0 Å². The maximum absolute atomic E-state index is 6.49. The van der Waals surface area contributed by atoms with E-state index in [0.29, 0.717) is 6.04 Å². The molecule has 1 N–H and O–H groups in total. The van der Waals surface area contributed by atoms with Crippen molar-refractivity contribution < 1.29 is 0 Å². The first-order valence-corrected chi connectivity index (χ1v) is 8.04. The van der Waals surface area contributed by atoms with E-state index < -0.39 is 0 Å². The zero-order valence-electron chi connectivity index (χ0n) is 12.4. The number of nitrogens with one attached hydrogen (secondary N) is 1. The van der Waals surface area contributed by atoms with Gasteiger partial charge in [0.05, 0.1) is 16.4 Å². The molecule has 1 aromatic heterocycles. The van der Waals surface area contributed by atoms with Gasteiger partial charge in [0.15, 0.2) is 0 Å². The molecule has 19 heavy (non-hydrogen) atoms. The third-order valence-corrected chi connectivity index (χ3v) is 4.38. The third kappa shape index (κ3) is 3.73. The number of hydrogen-bond donors (Lipinski definition) is 1. The first kappa shape index (κ1) is 14.9. The number of hydrogen-bond acceptors (Lipinski definition) is 2. The SMILES string of the molecule is CCNC(Cc1c(Cl)c(CC)nn1CC)CC1CC1. The smallest absolute Gasteiger partial charge is 0.0850 e. The lowest BCUT2D eigenvalue weighted by Gasteiger charge is -2.18. The minimum absolute atomic E-state index is 0.543. The van der Waals surface area contributed by atoms with Crippen LogP contribution in [-0.2, 0) is 19.4 Å². The molecule has 1 heterocycles. The lowest BCUT2D eigenvalue weighted by molar-refractivity contribution is 0.450. The Bertz CT molecular complexity index is 410. The van der Waals surface area contributed by atoms with Crippen molar-refractivity contribution in [2.24, 2.45) is 5.92 Å². The van der Waals surface area contributed by atoms with E-state index in [1.54, 1.807) is 0 Å². The molecule has 0 radical (unpaired) electrons. The van der Waals surface area contributed by atoms with Gasteiger partial charge in [0.2, 0.25) is 0 Å². The van der Waals surface area contributed by atoms with Crippen LogP contribution in [0.5, 0.6) is 0 Å². The van der Waals surface area contributed by atoms with Gasteiger partial charge in [0.25, 0.3) is 0 Å². The minimum atomic E-state index is 0.543. The summed E-state index contributed by atoms with van der Waals surface area (Å²) in [6, 6.07) is 0.543. The average molecular weight is 284 g/mol. The molecule has 0 spiro atoms. The van der Waals surface area contributed by atoms with Gasteiger partial charge >= 0.3 is 0 Å². The highest BCUT2D eigenvalue weighted by molar-refractivity contribution is 6.31. The van der Waals surface area contributed by atoms with Crippen molar-refractivity contribution in [3.63, 3.8) is 0 Å². The van der Waals surface area contributed by atoms with Gasteiger partial charge in [0, 0.05) is 19.0 Å². The topological polar surface area (TPSA) is 29.9 Å². The normalized spacial score (nSPS) is 16.8. The molecular weight excluding hydrogens is 258 g/mol. The van der Waals surface area contributed by atoms with Crippen LogP contribution < -0.4 is 5.32 Å². The van der Waals surface area contributed by atoms with Crippen LogP contribution in [0.15, 0.2) is 0 Å². The van der Waals surface area contributed by atoms with Crippen LogP contribution in [0, 0.1) is 5.92 Å². The first-order valence-electron chi connectivity index (χ1n) is 7.66. The Kier molecular flexibility index (Phi) is 5.28. The summed E-state index contributed by atoms with van der Waals surface area (Å²) < 4.78 is 2.08. The Balaban J connectivity index is 2.11. The highest BCUT2D eigenvalue weighted by Crippen LogP contribution is 2.34. The quantitative estimate of drug-likeness (QED) is 0.792. The highest BCUT2D eigenvalue weighted by Gasteiger charge is 2.27. The lowest BCUT2D eigenvalue weighted by Crippen LogP contribution is -2.32.